The monoisotopic (exact) mass is 1290 g/mol. The summed E-state index contributed by atoms with van der Waals surface area (Å²) in [6.45, 7) is 17.3. The van der Waals surface area contributed by atoms with Gasteiger partial charge in [-0.05, 0) is 67.2 Å². The van der Waals surface area contributed by atoms with Crippen LogP contribution in [0, 0.1) is 10.8 Å². The smallest absolute Gasteiger partial charge is 0.432 e. The minimum atomic E-state index is -4.96. The number of hydrogen-bond acceptors (Lipinski definition) is 27. The van der Waals surface area contributed by atoms with Gasteiger partial charge in [-0.15, -0.1) is 0 Å². The first-order valence-corrected chi connectivity index (χ1v) is 30.9. The lowest BCUT2D eigenvalue weighted by atomic mass is 9.95. The van der Waals surface area contributed by atoms with Crippen molar-refractivity contribution in [3.63, 3.8) is 0 Å². The second kappa shape index (κ2) is 31.1. The van der Waals surface area contributed by atoms with E-state index >= 15 is 13.2 Å². The van der Waals surface area contributed by atoms with Crippen molar-refractivity contribution in [1.29, 1.82) is 0 Å². The number of aromatic amines is 1. The summed E-state index contributed by atoms with van der Waals surface area (Å²) in [5.74, 6) is -6.28. The lowest BCUT2D eigenvalue weighted by molar-refractivity contribution is -0.209. The Bertz CT molecular complexity index is 2610. The minimum absolute atomic E-state index is 0.0322. The van der Waals surface area contributed by atoms with E-state index in [1.807, 2.05) is 46.5 Å². The summed E-state index contributed by atoms with van der Waals surface area (Å²) in [4.78, 5) is 85.3. The number of nitrogens with one attached hydrogen (secondary N) is 2. The molecule has 0 aromatic carbocycles. The van der Waals surface area contributed by atoms with Gasteiger partial charge in [0.25, 0.3) is 23.2 Å². The Kier molecular flexibility index (Phi) is 27.5. The van der Waals surface area contributed by atoms with Gasteiger partial charge in [0.05, 0.1) is 25.4 Å². The number of carbonyl (C=O) groups is 5. The van der Waals surface area contributed by atoms with Gasteiger partial charge < -0.3 is 54.0 Å². The number of ether oxygens (including phenoxy) is 6. The molecule has 1 aromatic heterocycles. The van der Waals surface area contributed by atoms with Crippen molar-refractivity contribution < 1.29 is 117 Å². The van der Waals surface area contributed by atoms with E-state index in [9.17, 15) is 58.0 Å². The third kappa shape index (κ3) is 22.2. The number of phosphoric ester groups is 2. The van der Waals surface area contributed by atoms with Crippen LogP contribution in [0.3, 0.4) is 0 Å². The molecule has 1 amide bonds. The molecule has 2 saturated heterocycles. The molecular weight excluding hydrogens is 1210 g/mol. The van der Waals surface area contributed by atoms with Crippen LogP contribution in [-0.2, 0) is 79.1 Å². The molecule has 480 valence electrons. The van der Waals surface area contributed by atoms with Crippen LogP contribution in [0.4, 0.5) is 22.8 Å². The molecule has 0 radical (unpaired) electrons. The predicted octanol–water partition coefficient (Wildman–Crippen LogP) is 6.88. The summed E-state index contributed by atoms with van der Waals surface area (Å²) in [7, 11) is -9.41. The molecular formula is C49H77F3N4O24P2S2. The average molecular weight is 1290 g/mol. The van der Waals surface area contributed by atoms with Gasteiger partial charge in [-0.2, -0.15) is 0 Å². The standard InChI is InChI=1S/C28H46FN2O11PS2.C21H31F2N2O13P/c1-25(2,3)22(34)44-16-10-8-14-39-43(38,40-15-9-11-17-45-23(35)26(4,5)6)41-18-28(29)20(33)27(7,37)21(42-28)31-13-12-19(32)30-24(31)36;1-12(2)36-18(28)31-10-34-39(30,35-11-32-19(29)37-13(3)4)33-9-21(23)16(27)20(6,22)17(38-21)25-8-7-15(26)24-14(25)5/h12-13,20-21,33,37H,8-11,14-18H2,1-7H3,(H,30,32,36);7-8,12-13,16-17,27H,5,9-11H2,1-4,6H3,(H,24,26)/t20-,21+,27+,28+;16-,17+,20+,21+/m00/s1. The van der Waals surface area contributed by atoms with Gasteiger partial charge in [-0.25, -0.2) is 45.7 Å². The summed E-state index contributed by atoms with van der Waals surface area (Å²) in [5, 5.41) is 34.2. The number of rotatable bonds is 28. The largest absolute Gasteiger partial charge is 0.510 e. The van der Waals surface area contributed by atoms with E-state index in [-0.39, 0.29) is 29.3 Å². The first-order valence-electron chi connectivity index (χ1n) is 26.0. The van der Waals surface area contributed by atoms with Gasteiger partial charge in [0, 0.05) is 46.9 Å². The molecule has 0 unspecified atom stereocenters. The number of aliphatic hydroxyl groups is 3. The van der Waals surface area contributed by atoms with E-state index < -0.39 is 143 Å². The molecule has 35 heteroatoms. The summed E-state index contributed by atoms with van der Waals surface area (Å²) in [5.41, 5.74) is -7.93. The van der Waals surface area contributed by atoms with Gasteiger partial charge in [-0.3, -0.25) is 46.8 Å². The first-order chi connectivity index (χ1) is 38.6. The Labute approximate surface area is 491 Å². The Hall–Kier alpha value is -4.18. The van der Waals surface area contributed by atoms with Crippen LogP contribution in [0.2, 0.25) is 0 Å². The highest BCUT2D eigenvalue weighted by molar-refractivity contribution is 8.14. The number of unbranched alkanes of at least 4 members (excludes halogenated alkanes) is 2. The second-order valence-corrected chi connectivity index (χ2v) is 27.3. The molecule has 2 fully saturated rings. The zero-order chi connectivity index (χ0) is 63.9. The SMILES string of the molecule is C=C1NC(=O)C=CN1[C@@H]1O[C@](F)(COP(=O)(OCOC(=O)OC(C)C)OCOC(=O)OC(C)C)[C@@H](O)[C@@]1(C)F.CC(C)(C)C(=O)SCCCCOP(=O)(OCCCCSC(=O)C(C)(C)C)OC[C@@]1(F)O[C@@H](n2ccc(=O)[nH]c2=O)[C@](C)(O)[C@@H]1O. The normalized spacial score (nSPS) is 25.5. The fourth-order valence-corrected chi connectivity index (χ4v) is 11.0. The van der Waals surface area contributed by atoms with Crippen molar-refractivity contribution in [1.82, 2.24) is 19.8 Å². The number of carbonyl (C=O) groups excluding carboxylic acids is 5. The molecule has 1 aromatic rings. The van der Waals surface area contributed by atoms with Crippen molar-refractivity contribution in [3.8, 4) is 0 Å². The average Bonchev–Trinajstić information content (AvgIpc) is 3.13. The van der Waals surface area contributed by atoms with E-state index in [4.69, 9.17) is 46.1 Å². The maximum atomic E-state index is 16.0. The molecule has 0 aliphatic carbocycles. The number of halogens is 3. The van der Waals surface area contributed by atoms with E-state index in [0.717, 1.165) is 43.3 Å². The lowest BCUT2D eigenvalue weighted by Gasteiger charge is -2.35. The lowest BCUT2D eigenvalue weighted by Crippen LogP contribution is -2.51. The van der Waals surface area contributed by atoms with Crippen LogP contribution in [0.25, 0.3) is 0 Å². The van der Waals surface area contributed by atoms with Gasteiger partial charge in [0.2, 0.25) is 13.6 Å². The minimum Gasteiger partial charge on any atom is -0.432 e. The quantitative estimate of drug-likeness (QED) is 0.0247. The molecule has 0 spiro atoms. The fraction of sp³-hybridized carbons (Fsp3) is 0.735. The molecule has 3 aliphatic heterocycles. The fourth-order valence-electron chi connectivity index (χ4n) is 6.89. The van der Waals surface area contributed by atoms with Crippen molar-refractivity contribution >= 4 is 67.6 Å². The molecule has 4 heterocycles. The molecule has 4 rings (SSSR count). The molecule has 0 saturated carbocycles. The molecule has 8 atom stereocenters. The third-order valence-corrected chi connectivity index (χ3v) is 16.8. The van der Waals surface area contributed by atoms with Crippen LogP contribution in [0.1, 0.15) is 115 Å². The van der Waals surface area contributed by atoms with Gasteiger partial charge >= 0.3 is 33.6 Å². The highest BCUT2D eigenvalue weighted by atomic mass is 32.2. The molecule has 5 N–H and O–H groups in total. The maximum Gasteiger partial charge on any atom is 0.510 e. The summed E-state index contributed by atoms with van der Waals surface area (Å²) in [6, 6.07) is 0.951. The van der Waals surface area contributed by atoms with E-state index in [2.05, 4.69) is 21.4 Å². The Morgan fingerprint density at radius 1 is 0.726 bits per heavy atom. The van der Waals surface area contributed by atoms with E-state index in [1.165, 1.54) is 51.2 Å². The van der Waals surface area contributed by atoms with Gasteiger partial charge in [0.1, 0.15) is 30.7 Å². The first kappa shape index (κ1) is 74.1. The van der Waals surface area contributed by atoms with Crippen molar-refractivity contribution in [2.45, 2.75) is 169 Å². The van der Waals surface area contributed by atoms with E-state index in [0.29, 0.717) is 41.8 Å². The van der Waals surface area contributed by atoms with Crippen LogP contribution >= 0.6 is 39.2 Å². The van der Waals surface area contributed by atoms with Crippen LogP contribution in [0.15, 0.2) is 46.5 Å². The number of alkyl halides is 3. The number of amides is 1. The Morgan fingerprint density at radius 2 is 1.17 bits per heavy atom. The summed E-state index contributed by atoms with van der Waals surface area (Å²) < 4.78 is 134. The second-order valence-electron chi connectivity index (χ2n) is 21.8. The summed E-state index contributed by atoms with van der Waals surface area (Å²) >= 11 is 2.36. The third-order valence-electron chi connectivity index (χ3n) is 11.4. The topological polar surface area (TPSA) is 361 Å². The number of thioether (sulfide) groups is 2. The highest BCUT2D eigenvalue weighted by Crippen LogP contribution is 2.55. The van der Waals surface area contributed by atoms with Gasteiger partial charge in [0.15, 0.2) is 34.5 Å². The maximum absolute atomic E-state index is 16.0. The number of aliphatic hydroxyl groups excluding tert-OH is 2. The number of phosphoric acid groups is 2. The van der Waals surface area contributed by atoms with Crippen LogP contribution < -0.4 is 16.6 Å². The molecule has 84 heavy (non-hydrogen) atoms. The summed E-state index contributed by atoms with van der Waals surface area (Å²) in [6.07, 6.45) is -7.19. The van der Waals surface area contributed by atoms with Crippen molar-refractivity contribution in [3.05, 3.63) is 57.8 Å². The van der Waals surface area contributed by atoms with Crippen LogP contribution in [-0.4, -0.2) is 163 Å². The molecule has 3 aliphatic rings. The van der Waals surface area contributed by atoms with Gasteiger partial charge in [-0.1, -0.05) is 71.6 Å². The zero-order valence-corrected chi connectivity index (χ0v) is 52.0. The van der Waals surface area contributed by atoms with Crippen molar-refractivity contribution in [2.24, 2.45) is 10.8 Å². The number of aromatic nitrogens is 2. The number of hydrogen-bond donors (Lipinski definition) is 5. The Balaban J connectivity index is 0.000000445. The zero-order valence-electron chi connectivity index (χ0n) is 48.6. The molecule has 0 bridgehead atoms. The predicted molar refractivity (Wildman–Crippen MR) is 293 cm³/mol. The van der Waals surface area contributed by atoms with Crippen molar-refractivity contribution in [2.75, 3.05) is 51.5 Å². The van der Waals surface area contributed by atoms with E-state index in [1.54, 1.807) is 0 Å². The number of H-pyrrole nitrogens is 1. The van der Waals surface area contributed by atoms with Crippen LogP contribution in [0.5, 0.6) is 0 Å². The molecule has 28 nitrogen and oxygen atoms in total. The Morgan fingerprint density at radius 3 is 1.60 bits per heavy atom. The highest BCUT2D eigenvalue weighted by Gasteiger charge is 2.66. The number of nitrogens with zero attached hydrogens (tertiary/aromatic N) is 2.